The number of amides is 1. The lowest BCUT2D eigenvalue weighted by atomic mass is 10.2. The number of carbonyl (C=O) groups excluding carboxylic acids is 1. The smallest absolute Gasteiger partial charge is 0.262 e. The van der Waals surface area contributed by atoms with Crippen molar-refractivity contribution in [3.05, 3.63) is 52.3 Å². The first-order chi connectivity index (χ1) is 9.95. The highest BCUT2D eigenvalue weighted by Crippen LogP contribution is 2.22. The molecular formula is C15H14BrFN2O2. The van der Waals surface area contributed by atoms with Crippen molar-refractivity contribution in [3.8, 4) is 5.75 Å². The number of aryl methyl sites for hydroxylation is 1. The van der Waals surface area contributed by atoms with Crippen molar-refractivity contribution in [2.45, 2.75) is 6.92 Å². The molecule has 6 heteroatoms. The van der Waals surface area contributed by atoms with E-state index < -0.39 is 5.82 Å². The number of hydrogen-bond donors (Lipinski definition) is 2. The van der Waals surface area contributed by atoms with Crippen LogP contribution in [0.5, 0.6) is 5.75 Å². The first kappa shape index (κ1) is 15.3. The lowest BCUT2D eigenvalue weighted by Gasteiger charge is -2.10. The average molecular weight is 353 g/mol. The third-order valence-corrected chi connectivity index (χ3v) is 3.27. The summed E-state index contributed by atoms with van der Waals surface area (Å²) < 4.78 is 19.4. The summed E-state index contributed by atoms with van der Waals surface area (Å²) in [6, 6.07) is 9.51. The lowest BCUT2D eigenvalue weighted by molar-refractivity contribution is -0.118. The summed E-state index contributed by atoms with van der Waals surface area (Å²) in [6.07, 6.45) is 0. The minimum absolute atomic E-state index is 0.0162. The number of nitrogens with two attached hydrogens (primary N) is 1. The summed E-state index contributed by atoms with van der Waals surface area (Å²) in [7, 11) is 0. The van der Waals surface area contributed by atoms with Gasteiger partial charge in [0.15, 0.2) is 6.61 Å². The van der Waals surface area contributed by atoms with Gasteiger partial charge < -0.3 is 15.8 Å². The Morgan fingerprint density at radius 1 is 1.33 bits per heavy atom. The highest BCUT2D eigenvalue weighted by Gasteiger charge is 2.07. The SMILES string of the molecule is Cc1cc(Br)ccc1OCC(=O)Nc1ccc(F)c(N)c1. The van der Waals surface area contributed by atoms with Gasteiger partial charge in [-0.05, 0) is 48.9 Å². The van der Waals surface area contributed by atoms with Gasteiger partial charge in [0.2, 0.25) is 0 Å². The molecule has 0 aliphatic carbocycles. The quantitative estimate of drug-likeness (QED) is 0.827. The highest BCUT2D eigenvalue weighted by molar-refractivity contribution is 9.10. The fourth-order valence-corrected chi connectivity index (χ4v) is 2.21. The molecule has 0 atom stereocenters. The zero-order valence-corrected chi connectivity index (χ0v) is 12.9. The predicted octanol–water partition coefficient (Wildman–Crippen LogP) is 3.50. The van der Waals surface area contributed by atoms with Gasteiger partial charge in [0.1, 0.15) is 11.6 Å². The number of ether oxygens (including phenoxy) is 1. The Labute approximate surface area is 130 Å². The van der Waals surface area contributed by atoms with Crippen molar-refractivity contribution in [2.24, 2.45) is 0 Å². The van der Waals surface area contributed by atoms with E-state index in [4.69, 9.17) is 10.5 Å². The molecule has 0 unspecified atom stereocenters. The van der Waals surface area contributed by atoms with Gasteiger partial charge in [-0.3, -0.25) is 4.79 Å². The lowest BCUT2D eigenvalue weighted by Crippen LogP contribution is -2.20. The van der Waals surface area contributed by atoms with Gasteiger partial charge in [-0.15, -0.1) is 0 Å². The van der Waals surface area contributed by atoms with E-state index in [2.05, 4.69) is 21.2 Å². The molecule has 0 saturated heterocycles. The molecule has 110 valence electrons. The Hall–Kier alpha value is -2.08. The van der Waals surface area contributed by atoms with Crippen LogP contribution < -0.4 is 15.8 Å². The van der Waals surface area contributed by atoms with Crippen LogP contribution in [-0.4, -0.2) is 12.5 Å². The van der Waals surface area contributed by atoms with E-state index in [-0.39, 0.29) is 18.2 Å². The van der Waals surface area contributed by atoms with E-state index >= 15 is 0 Å². The average Bonchev–Trinajstić information content (AvgIpc) is 2.42. The van der Waals surface area contributed by atoms with Crippen molar-refractivity contribution in [1.29, 1.82) is 0 Å². The summed E-state index contributed by atoms with van der Waals surface area (Å²) in [4.78, 5) is 11.8. The van der Waals surface area contributed by atoms with E-state index in [1.165, 1.54) is 18.2 Å². The number of nitrogens with one attached hydrogen (secondary N) is 1. The van der Waals surface area contributed by atoms with Gasteiger partial charge in [0, 0.05) is 10.2 Å². The molecule has 2 aromatic rings. The van der Waals surface area contributed by atoms with E-state index in [9.17, 15) is 9.18 Å². The molecule has 0 aliphatic heterocycles. The second kappa shape index (κ2) is 6.58. The topological polar surface area (TPSA) is 64.3 Å². The van der Waals surface area contributed by atoms with Crippen molar-refractivity contribution in [2.75, 3.05) is 17.7 Å². The Morgan fingerprint density at radius 2 is 2.10 bits per heavy atom. The van der Waals surface area contributed by atoms with E-state index in [1.54, 1.807) is 6.07 Å². The van der Waals surface area contributed by atoms with Gasteiger partial charge in [-0.2, -0.15) is 0 Å². The predicted molar refractivity (Wildman–Crippen MR) is 83.8 cm³/mol. The summed E-state index contributed by atoms with van der Waals surface area (Å²) in [6.45, 7) is 1.75. The molecule has 0 heterocycles. The van der Waals surface area contributed by atoms with Crippen molar-refractivity contribution in [3.63, 3.8) is 0 Å². The van der Waals surface area contributed by atoms with E-state index in [0.29, 0.717) is 11.4 Å². The maximum atomic E-state index is 13.0. The molecule has 0 saturated carbocycles. The zero-order valence-electron chi connectivity index (χ0n) is 11.3. The van der Waals surface area contributed by atoms with Crippen LogP contribution >= 0.6 is 15.9 Å². The number of hydrogen-bond acceptors (Lipinski definition) is 3. The molecule has 2 rings (SSSR count). The molecule has 2 aromatic carbocycles. The molecule has 0 bridgehead atoms. The van der Waals surface area contributed by atoms with Crippen LogP contribution in [0, 0.1) is 12.7 Å². The third kappa shape index (κ3) is 4.19. The van der Waals surface area contributed by atoms with Crippen LogP contribution in [0.15, 0.2) is 40.9 Å². The summed E-state index contributed by atoms with van der Waals surface area (Å²) in [5.41, 5.74) is 6.76. The van der Waals surface area contributed by atoms with E-state index in [0.717, 1.165) is 10.0 Å². The maximum Gasteiger partial charge on any atom is 0.262 e. The van der Waals surface area contributed by atoms with Crippen molar-refractivity contribution >= 4 is 33.2 Å². The Balaban J connectivity index is 1.94. The van der Waals surface area contributed by atoms with Gasteiger partial charge in [-0.1, -0.05) is 15.9 Å². The van der Waals surface area contributed by atoms with Crippen LogP contribution in [0.25, 0.3) is 0 Å². The first-order valence-electron chi connectivity index (χ1n) is 6.19. The number of carbonyl (C=O) groups is 1. The molecule has 4 nitrogen and oxygen atoms in total. The number of anilines is 2. The summed E-state index contributed by atoms with van der Waals surface area (Å²) in [5.74, 6) is -0.231. The Morgan fingerprint density at radius 3 is 2.76 bits per heavy atom. The fourth-order valence-electron chi connectivity index (χ4n) is 1.74. The Bertz CT molecular complexity index is 677. The molecule has 0 aromatic heterocycles. The molecule has 0 spiro atoms. The van der Waals surface area contributed by atoms with Crippen molar-refractivity contribution < 1.29 is 13.9 Å². The number of nitrogen functional groups attached to an aromatic ring is 1. The number of rotatable bonds is 4. The zero-order chi connectivity index (χ0) is 15.4. The summed E-state index contributed by atoms with van der Waals surface area (Å²) >= 11 is 3.36. The molecule has 1 amide bonds. The molecule has 0 aliphatic rings. The first-order valence-corrected chi connectivity index (χ1v) is 6.99. The largest absolute Gasteiger partial charge is 0.483 e. The normalized spacial score (nSPS) is 10.2. The van der Waals surface area contributed by atoms with Gasteiger partial charge in [-0.25, -0.2) is 4.39 Å². The Kier molecular flexibility index (Phi) is 4.80. The van der Waals surface area contributed by atoms with Crippen LogP contribution in [0.2, 0.25) is 0 Å². The van der Waals surface area contributed by atoms with E-state index in [1.807, 2.05) is 19.1 Å². The van der Waals surface area contributed by atoms with Gasteiger partial charge in [0.05, 0.1) is 5.69 Å². The van der Waals surface area contributed by atoms with Crippen LogP contribution in [0.4, 0.5) is 15.8 Å². The molecular weight excluding hydrogens is 339 g/mol. The molecule has 21 heavy (non-hydrogen) atoms. The van der Waals surface area contributed by atoms with Crippen LogP contribution in [0.3, 0.4) is 0 Å². The molecule has 0 fully saturated rings. The maximum absolute atomic E-state index is 13.0. The monoisotopic (exact) mass is 352 g/mol. The van der Waals surface area contributed by atoms with Gasteiger partial charge >= 0.3 is 0 Å². The van der Waals surface area contributed by atoms with Gasteiger partial charge in [0.25, 0.3) is 5.91 Å². The third-order valence-electron chi connectivity index (χ3n) is 2.78. The second-order valence-electron chi connectivity index (χ2n) is 4.48. The summed E-state index contributed by atoms with van der Waals surface area (Å²) in [5, 5.41) is 2.59. The fraction of sp³-hybridized carbons (Fsp3) is 0.133. The minimum Gasteiger partial charge on any atom is -0.483 e. The minimum atomic E-state index is -0.519. The molecule has 3 N–H and O–H groups in total. The highest BCUT2D eigenvalue weighted by atomic mass is 79.9. The van der Waals surface area contributed by atoms with Crippen LogP contribution in [0.1, 0.15) is 5.56 Å². The second-order valence-corrected chi connectivity index (χ2v) is 5.40. The number of benzene rings is 2. The number of halogens is 2. The standard InChI is InChI=1S/C15H14BrFN2O2/c1-9-6-10(16)2-5-14(9)21-8-15(20)19-11-3-4-12(17)13(18)7-11/h2-7H,8,18H2,1H3,(H,19,20). The van der Waals surface area contributed by atoms with Crippen LogP contribution in [-0.2, 0) is 4.79 Å². The molecule has 0 radical (unpaired) electrons. The van der Waals surface area contributed by atoms with Crippen molar-refractivity contribution in [1.82, 2.24) is 0 Å².